The zero-order valence-corrected chi connectivity index (χ0v) is 17.2. The molecule has 0 bridgehead atoms. The maximum absolute atomic E-state index is 6.05. The van der Waals surface area contributed by atoms with Crippen LogP contribution in [0.1, 0.15) is 19.8 Å². The van der Waals surface area contributed by atoms with Crippen LogP contribution in [0.5, 0.6) is 5.88 Å². The van der Waals surface area contributed by atoms with E-state index in [1.165, 1.54) is 0 Å². The molecule has 1 aliphatic heterocycles. The summed E-state index contributed by atoms with van der Waals surface area (Å²) < 4.78 is 13.3. The van der Waals surface area contributed by atoms with Crippen molar-refractivity contribution >= 4 is 0 Å². The number of hydrogen-bond donors (Lipinski definition) is 1. The second kappa shape index (κ2) is 8.65. The van der Waals surface area contributed by atoms with E-state index >= 15 is 0 Å². The predicted molar refractivity (Wildman–Crippen MR) is 114 cm³/mol. The molecule has 0 spiro atoms. The molecule has 9 nitrogen and oxygen atoms in total. The van der Waals surface area contributed by atoms with Gasteiger partial charge in [-0.1, -0.05) is 0 Å². The molecule has 1 aliphatic rings. The van der Waals surface area contributed by atoms with Crippen LogP contribution < -0.4 is 4.74 Å². The first kappa shape index (κ1) is 19.4. The topological polar surface area (TPSA) is 104 Å². The van der Waals surface area contributed by atoms with Crippen molar-refractivity contribution in [2.45, 2.75) is 32.4 Å². The van der Waals surface area contributed by atoms with Gasteiger partial charge in [-0.2, -0.15) is 10.2 Å². The van der Waals surface area contributed by atoms with Gasteiger partial charge in [0.25, 0.3) is 0 Å². The summed E-state index contributed by atoms with van der Waals surface area (Å²) in [6, 6.07) is 7.74. The molecule has 31 heavy (non-hydrogen) atoms. The van der Waals surface area contributed by atoms with Gasteiger partial charge < -0.3 is 9.47 Å². The number of pyridine rings is 2. The Kier molecular flexibility index (Phi) is 5.40. The standard InChI is InChI=1S/C22H23N7O2/c1-2-29-22(17-11-16(13-23-14-17)19-4-8-25-27-19)26-21(28-29)15-3-7-24-20(12-15)31-18-5-9-30-10-6-18/h3-4,7-8,11-14,18H,2,5-6,9-10H2,1H3,(H,25,27). The number of nitrogens with zero attached hydrogens (tertiary/aromatic N) is 6. The molecular formula is C22H23N7O2. The second-order valence-corrected chi connectivity index (χ2v) is 7.32. The molecule has 5 heterocycles. The summed E-state index contributed by atoms with van der Waals surface area (Å²) in [4.78, 5) is 13.6. The largest absolute Gasteiger partial charge is 0.474 e. The van der Waals surface area contributed by atoms with Crippen molar-refractivity contribution in [3.8, 4) is 39.9 Å². The molecule has 0 unspecified atom stereocenters. The second-order valence-electron chi connectivity index (χ2n) is 7.32. The van der Waals surface area contributed by atoms with Gasteiger partial charge in [-0.05, 0) is 25.1 Å². The number of aryl methyl sites for hydroxylation is 1. The zero-order valence-electron chi connectivity index (χ0n) is 17.2. The van der Waals surface area contributed by atoms with E-state index in [1.807, 2.05) is 35.9 Å². The fourth-order valence-corrected chi connectivity index (χ4v) is 3.60. The summed E-state index contributed by atoms with van der Waals surface area (Å²) in [7, 11) is 0. The van der Waals surface area contributed by atoms with Crippen LogP contribution in [0, 0.1) is 0 Å². The Labute approximate surface area is 179 Å². The summed E-state index contributed by atoms with van der Waals surface area (Å²) in [6.07, 6.45) is 8.93. The van der Waals surface area contributed by atoms with Crippen molar-refractivity contribution in [2.75, 3.05) is 13.2 Å². The summed E-state index contributed by atoms with van der Waals surface area (Å²) in [5, 5.41) is 11.7. The summed E-state index contributed by atoms with van der Waals surface area (Å²) in [5.74, 6) is 1.97. The Hall–Kier alpha value is -3.59. The van der Waals surface area contributed by atoms with Crippen LogP contribution >= 0.6 is 0 Å². The lowest BCUT2D eigenvalue weighted by Crippen LogP contribution is -2.26. The SMILES string of the molecule is CCn1nc(-c2ccnc(OC3CCOCC3)c2)nc1-c1cncc(-c2ccn[nH]2)c1. The van der Waals surface area contributed by atoms with Gasteiger partial charge in [0, 0.05) is 66.9 Å². The van der Waals surface area contributed by atoms with Crippen molar-refractivity contribution in [2.24, 2.45) is 0 Å². The summed E-state index contributed by atoms with van der Waals surface area (Å²) in [5.41, 5.74) is 3.60. The molecule has 4 aromatic rings. The van der Waals surface area contributed by atoms with E-state index in [0.717, 1.165) is 54.3 Å². The fraction of sp³-hybridized carbons (Fsp3) is 0.318. The Bertz CT molecular complexity index is 1150. The summed E-state index contributed by atoms with van der Waals surface area (Å²) in [6.45, 7) is 4.18. The minimum Gasteiger partial charge on any atom is -0.474 e. The van der Waals surface area contributed by atoms with Crippen molar-refractivity contribution in [3.05, 3.63) is 49.1 Å². The molecule has 158 valence electrons. The highest BCUT2D eigenvalue weighted by atomic mass is 16.5. The lowest BCUT2D eigenvalue weighted by Gasteiger charge is -2.22. The van der Waals surface area contributed by atoms with Gasteiger partial charge in [-0.25, -0.2) is 14.6 Å². The van der Waals surface area contributed by atoms with Gasteiger partial charge in [0.05, 0.1) is 18.9 Å². The monoisotopic (exact) mass is 417 g/mol. The molecule has 1 N–H and O–H groups in total. The average Bonchev–Trinajstić information content (AvgIpc) is 3.50. The molecule has 0 aromatic carbocycles. The fourth-order valence-electron chi connectivity index (χ4n) is 3.60. The van der Waals surface area contributed by atoms with Gasteiger partial charge in [0.15, 0.2) is 11.6 Å². The Morgan fingerprint density at radius 2 is 1.97 bits per heavy atom. The van der Waals surface area contributed by atoms with Crippen LogP contribution in [0.25, 0.3) is 34.0 Å². The van der Waals surface area contributed by atoms with Crippen LogP contribution in [0.3, 0.4) is 0 Å². The molecule has 1 saturated heterocycles. The lowest BCUT2D eigenvalue weighted by molar-refractivity contribution is 0.0237. The number of ether oxygens (including phenoxy) is 2. The van der Waals surface area contributed by atoms with Gasteiger partial charge in [0.1, 0.15) is 6.10 Å². The molecular weight excluding hydrogens is 394 g/mol. The first-order chi connectivity index (χ1) is 15.3. The molecule has 1 fully saturated rings. The third-order valence-corrected chi connectivity index (χ3v) is 5.23. The molecule has 9 heteroatoms. The van der Waals surface area contributed by atoms with Gasteiger partial charge in [-0.3, -0.25) is 10.1 Å². The molecule has 5 rings (SSSR count). The number of hydrogen-bond acceptors (Lipinski definition) is 7. The molecule has 0 aliphatic carbocycles. The number of H-pyrrole nitrogens is 1. The third kappa shape index (κ3) is 4.17. The van der Waals surface area contributed by atoms with E-state index in [2.05, 4.69) is 20.2 Å². The quantitative estimate of drug-likeness (QED) is 0.513. The first-order valence-electron chi connectivity index (χ1n) is 10.4. The van der Waals surface area contributed by atoms with Gasteiger partial charge in [-0.15, -0.1) is 0 Å². The smallest absolute Gasteiger partial charge is 0.214 e. The van der Waals surface area contributed by atoms with Crippen molar-refractivity contribution in [1.29, 1.82) is 0 Å². The first-order valence-corrected chi connectivity index (χ1v) is 10.4. The zero-order chi connectivity index (χ0) is 21.0. The maximum atomic E-state index is 6.05. The van der Waals surface area contributed by atoms with Crippen LogP contribution in [0.4, 0.5) is 0 Å². The van der Waals surface area contributed by atoms with E-state index in [-0.39, 0.29) is 6.10 Å². The number of aromatic nitrogens is 7. The van der Waals surface area contributed by atoms with Crippen molar-refractivity contribution < 1.29 is 9.47 Å². The van der Waals surface area contributed by atoms with Crippen LogP contribution in [-0.4, -0.2) is 54.2 Å². The minimum absolute atomic E-state index is 0.129. The highest BCUT2D eigenvalue weighted by Gasteiger charge is 2.18. The lowest BCUT2D eigenvalue weighted by atomic mass is 10.1. The highest BCUT2D eigenvalue weighted by molar-refractivity contribution is 5.68. The predicted octanol–water partition coefficient (Wildman–Crippen LogP) is 3.37. The van der Waals surface area contributed by atoms with Crippen LogP contribution in [0.2, 0.25) is 0 Å². The normalized spacial score (nSPS) is 14.6. The third-order valence-electron chi connectivity index (χ3n) is 5.23. The summed E-state index contributed by atoms with van der Waals surface area (Å²) >= 11 is 0. The van der Waals surface area contributed by atoms with E-state index in [0.29, 0.717) is 18.2 Å². The van der Waals surface area contributed by atoms with Gasteiger partial charge >= 0.3 is 0 Å². The molecule has 4 aromatic heterocycles. The van der Waals surface area contributed by atoms with Crippen molar-refractivity contribution in [1.82, 2.24) is 34.9 Å². The highest BCUT2D eigenvalue weighted by Crippen LogP contribution is 2.27. The van der Waals surface area contributed by atoms with E-state index in [4.69, 9.17) is 19.6 Å². The van der Waals surface area contributed by atoms with Crippen molar-refractivity contribution in [3.63, 3.8) is 0 Å². The maximum Gasteiger partial charge on any atom is 0.214 e. The van der Waals surface area contributed by atoms with Gasteiger partial charge in [0.2, 0.25) is 5.88 Å². The van der Waals surface area contributed by atoms with Crippen LogP contribution in [-0.2, 0) is 11.3 Å². The number of aromatic amines is 1. The molecule has 0 amide bonds. The Morgan fingerprint density at radius 3 is 2.77 bits per heavy atom. The number of rotatable bonds is 6. The Morgan fingerprint density at radius 1 is 1.10 bits per heavy atom. The average molecular weight is 417 g/mol. The van der Waals surface area contributed by atoms with E-state index < -0.39 is 0 Å². The number of nitrogens with one attached hydrogen (secondary N) is 1. The van der Waals surface area contributed by atoms with Crippen LogP contribution in [0.15, 0.2) is 49.1 Å². The minimum atomic E-state index is 0.129. The molecule has 0 saturated carbocycles. The Balaban J connectivity index is 1.45. The van der Waals surface area contributed by atoms with E-state index in [1.54, 1.807) is 24.8 Å². The molecule has 0 radical (unpaired) electrons. The molecule has 0 atom stereocenters. The van der Waals surface area contributed by atoms with E-state index in [9.17, 15) is 0 Å².